The van der Waals surface area contributed by atoms with E-state index < -0.39 is 0 Å². The minimum atomic E-state index is 0.684. The van der Waals surface area contributed by atoms with Gasteiger partial charge < -0.3 is 4.57 Å². The third-order valence-corrected chi connectivity index (χ3v) is 2.78. The third-order valence-electron chi connectivity index (χ3n) is 2.78. The van der Waals surface area contributed by atoms with Crippen molar-refractivity contribution in [1.82, 2.24) is 9.47 Å². The predicted molar refractivity (Wildman–Crippen MR) is 68.1 cm³/mol. The van der Waals surface area contributed by atoms with Crippen LogP contribution in [0.2, 0.25) is 0 Å². The minimum absolute atomic E-state index is 0.684. The third kappa shape index (κ3) is 1.95. The summed E-state index contributed by atoms with van der Waals surface area (Å²) in [7, 11) is 4.12. The van der Waals surface area contributed by atoms with E-state index in [0.29, 0.717) is 6.54 Å². The number of nitrogens with zero attached hydrogens (tertiary/aromatic N) is 2. The Labute approximate surface area is 96.5 Å². The van der Waals surface area contributed by atoms with Gasteiger partial charge in [-0.15, -0.1) is 6.42 Å². The summed E-state index contributed by atoms with van der Waals surface area (Å²) in [6.07, 6.45) is 7.48. The number of hydrogen-bond acceptors (Lipinski definition) is 1. The van der Waals surface area contributed by atoms with E-state index >= 15 is 0 Å². The maximum absolute atomic E-state index is 5.30. The van der Waals surface area contributed by atoms with Crippen molar-refractivity contribution in [3.05, 3.63) is 36.0 Å². The molecule has 1 aromatic carbocycles. The molecule has 0 bridgehead atoms. The number of para-hydroxylation sites is 1. The first-order valence-corrected chi connectivity index (χ1v) is 5.37. The molecule has 0 N–H and O–H groups in total. The lowest BCUT2D eigenvalue weighted by Gasteiger charge is -2.11. The molecule has 1 heterocycles. The Bertz CT molecular complexity index is 531. The number of aryl methyl sites for hydroxylation is 1. The fourth-order valence-corrected chi connectivity index (χ4v) is 2.05. The Balaban J connectivity index is 2.35. The smallest absolute Gasteiger partial charge is 0.0599 e. The molecule has 0 aliphatic rings. The summed E-state index contributed by atoms with van der Waals surface area (Å²) in [4.78, 5) is 2.14. The van der Waals surface area contributed by atoms with Crippen LogP contribution in [0.4, 0.5) is 0 Å². The molecule has 2 rings (SSSR count). The SMILES string of the molecule is C#CCN(C)Cc1cn(C)c2ccccc12. The average molecular weight is 212 g/mol. The van der Waals surface area contributed by atoms with E-state index in [-0.39, 0.29) is 0 Å². The second-order valence-electron chi connectivity index (χ2n) is 4.16. The van der Waals surface area contributed by atoms with E-state index in [1.165, 1.54) is 16.5 Å². The van der Waals surface area contributed by atoms with Crippen molar-refractivity contribution in [2.24, 2.45) is 7.05 Å². The summed E-state index contributed by atoms with van der Waals surface area (Å²) in [6, 6.07) is 8.44. The number of terminal acetylenes is 1. The lowest BCUT2D eigenvalue weighted by atomic mass is 10.1. The van der Waals surface area contributed by atoms with Crippen LogP contribution in [0.3, 0.4) is 0 Å². The highest BCUT2D eigenvalue weighted by atomic mass is 15.1. The van der Waals surface area contributed by atoms with Gasteiger partial charge in [0.1, 0.15) is 0 Å². The molecule has 2 nitrogen and oxygen atoms in total. The molecule has 0 amide bonds. The van der Waals surface area contributed by atoms with Crippen molar-refractivity contribution in [2.75, 3.05) is 13.6 Å². The fraction of sp³-hybridized carbons (Fsp3) is 0.286. The highest BCUT2D eigenvalue weighted by Gasteiger charge is 2.07. The van der Waals surface area contributed by atoms with Crippen molar-refractivity contribution >= 4 is 10.9 Å². The topological polar surface area (TPSA) is 8.17 Å². The van der Waals surface area contributed by atoms with Crippen molar-refractivity contribution in [2.45, 2.75) is 6.54 Å². The van der Waals surface area contributed by atoms with Crippen molar-refractivity contribution in [3.8, 4) is 12.3 Å². The van der Waals surface area contributed by atoms with Gasteiger partial charge in [0.2, 0.25) is 0 Å². The molecular formula is C14H16N2. The van der Waals surface area contributed by atoms with Crippen LogP contribution in [0.1, 0.15) is 5.56 Å². The van der Waals surface area contributed by atoms with Gasteiger partial charge in [0.05, 0.1) is 6.54 Å². The van der Waals surface area contributed by atoms with Crippen molar-refractivity contribution in [3.63, 3.8) is 0 Å². The zero-order valence-corrected chi connectivity index (χ0v) is 9.77. The van der Waals surface area contributed by atoms with Crippen LogP contribution in [-0.4, -0.2) is 23.1 Å². The van der Waals surface area contributed by atoms with Gasteiger partial charge in [-0.3, -0.25) is 4.90 Å². The monoisotopic (exact) mass is 212 g/mol. The Kier molecular flexibility index (Phi) is 2.98. The maximum Gasteiger partial charge on any atom is 0.0599 e. The van der Waals surface area contributed by atoms with E-state index in [0.717, 1.165) is 6.54 Å². The van der Waals surface area contributed by atoms with E-state index in [4.69, 9.17) is 6.42 Å². The number of hydrogen-bond donors (Lipinski definition) is 0. The molecule has 0 fully saturated rings. The Morgan fingerprint density at radius 2 is 2.12 bits per heavy atom. The van der Waals surface area contributed by atoms with Crippen LogP contribution >= 0.6 is 0 Å². The van der Waals surface area contributed by atoms with E-state index in [2.05, 4.69) is 52.9 Å². The Morgan fingerprint density at radius 1 is 1.38 bits per heavy atom. The first-order valence-electron chi connectivity index (χ1n) is 5.37. The molecule has 16 heavy (non-hydrogen) atoms. The Morgan fingerprint density at radius 3 is 2.88 bits per heavy atom. The predicted octanol–water partition coefficient (Wildman–Crippen LogP) is 2.24. The highest BCUT2D eigenvalue weighted by molar-refractivity contribution is 5.83. The molecule has 0 saturated heterocycles. The summed E-state index contributed by atoms with van der Waals surface area (Å²) in [6.45, 7) is 1.58. The largest absolute Gasteiger partial charge is 0.350 e. The van der Waals surface area contributed by atoms with Crippen LogP contribution < -0.4 is 0 Å². The van der Waals surface area contributed by atoms with Crippen LogP contribution in [0.25, 0.3) is 10.9 Å². The van der Waals surface area contributed by atoms with Gasteiger partial charge in [-0.2, -0.15) is 0 Å². The van der Waals surface area contributed by atoms with E-state index in [1.54, 1.807) is 0 Å². The van der Waals surface area contributed by atoms with Gasteiger partial charge in [-0.1, -0.05) is 24.1 Å². The number of aromatic nitrogens is 1. The molecule has 2 aromatic rings. The molecule has 1 aromatic heterocycles. The van der Waals surface area contributed by atoms with Crippen LogP contribution in [0, 0.1) is 12.3 Å². The number of rotatable bonds is 3. The van der Waals surface area contributed by atoms with Gasteiger partial charge in [0.25, 0.3) is 0 Å². The molecule has 0 radical (unpaired) electrons. The molecule has 0 atom stereocenters. The Hall–Kier alpha value is -1.72. The second-order valence-corrected chi connectivity index (χ2v) is 4.16. The first-order chi connectivity index (χ1) is 7.72. The second kappa shape index (κ2) is 4.42. The zero-order valence-electron chi connectivity index (χ0n) is 9.77. The van der Waals surface area contributed by atoms with E-state index in [1.807, 2.05) is 7.05 Å². The molecule has 0 aliphatic carbocycles. The standard InChI is InChI=1S/C14H16N2/c1-4-9-15(2)10-12-11-16(3)14-8-6-5-7-13(12)14/h1,5-8,11H,9-10H2,2-3H3. The molecular weight excluding hydrogens is 196 g/mol. The summed E-state index contributed by atoms with van der Waals surface area (Å²) in [5.41, 5.74) is 2.60. The van der Waals surface area contributed by atoms with Crippen LogP contribution in [0.5, 0.6) is 0 Å². The highest BCUT2D eigenvalue weighted by Crippen LogP contribution is 2.21. The molecule has 0 aliphatic heterocycles. The molecule has 0 unspecified atom stereocenters. The van der Waals surface area contributed by atoms with Gasteiger partial charge >= 0.3 is 0 Å². The normalized spacial score (nSPS) is 10.9. The van der Waals surface area contributed by atoms with Gasteiger partial charge in [0.15, 0.2) is 0 Å². The molecule has 2 heteroatoms. The lowest BCUT2D eigenvalue weighted by Crippen LogP contribution is -2.17. The van der Waals surface area contributed by atoms with E-state index in [9.17, 15) is 0 Å². The summed E-state index contributed by atoms with van der Waals surface area (Å²) in [5.74, 6) is 2.66. The minimum Gasteiger partial charge on any atom is -0.350 e. The summed E-state index contributed by atoms with van der Waals surface area (Å²) in [5, 5.41) is 1.31. The van der Waals surface area contributed by atoms with Gasteiger partial charge in [0, 0.05) is 30.7 Å². The van der Waals surface area contributed by atoms with Crippen molar-refractivity contribution < 1.29 is 0 Å². The number of benzene rings is 1. The lowest BCUT2D eigenvalue weighted by molar-refractivity contribution is 0.370. The molecule has 0 spiro atoms. The average Bonchev–Trinajstić information content (AvgIpc) is 2.57. The summed E-state index contributed by atoms with van der Waals surface area (Å²) >= 11 is 0. The van der Waals surface area contributed by atoms with Crippen LogP contribution in [-0.2, 0) is 13.6 Å². The quantitative estimate of drug-likeness (QED) is 0.708. The van der Waals surface area contributed by atoms with Crippen LogP contribution in [0.15, 0.2) is 30.5 Å². The molecule has 0 saturated carbocycles. The van der Waals surface area contributed by atoms with Crippen molar-refractivity contribution in [1.29, 1.82) is 0 Å². The molecule has 82 valence electrons. The maximum atomic E-state index is 5.30. The summed E-state index contributed by atoms with van der Waals surface area (Å²) < 4.78 is 2.16. The zero-order chi connectivity index (χ0) is 11.5. The first kappa shape index (κ1) is 10.8. The number of fused-ring (bicyclic) bond motifs is 1. The fourth-order valence-electron chi connectivity index (χ4n) is 2.05. The van der Waals surface area contributed by atoms with Gasteiger partial charge in [-0.05, 0) is 18.7 Å². The van der Waals surface area contributed by atoms with Gasteiger partial charge in [-0.25, -0.2) is 0 Å².